The van der Waals surface area contributed by atoms with Crippen molar-refractivity contribution in [2.75, 3.05) is 33.5 Å². The smallest absolute Gasteiger partial charge is 0.161 e. The number of hydrogen-bond acceptors (Lipinski definition) is 5. The summed E-state index contributed by atoms with van der Waals surface area (Å²) in [5.41, 5.74) is 8.37. The summed E-state index contributed by atoms with van der Waals surface area (Å²) in [5, 5.41) is 0. The maximum absolute atomic E-state index is 6.05. The van der Waals surface area contributed by atoms with Gasteiger partial charge in [-0.05, 0) is 55.3 Å². The van der Waals surface area contributed by atoms with Gasteiger partial charge in [-0.2, -0.15) is 0 Å². The topological polar surface area (TPSA) is 62.9 Å². The maximum atomic E-state index is 6.05. The fourth-order valence-electron chi connectivity index (χ4n) is 3.05. The van der Waals surface area contributed by atoms with Crippen molar-refractivity contribution in [3.63, 3.8) is 0 Å². The van der Waals surface area contributed by atoms with Gasteiger partial charge in [-0.15, -0.1) is 0 Å². The van der Waals surface area contributed by atoms with Crippen LogP contribution in [0.4, 0.5) is 0 Å². The molecule has 2 aromatic carbocycles. The van der Waals surface area contributed by atoms with E-state index in [-0.39, 0.29) is 5.92 Å². The van der Waals surface area contributed by atoms with E-state index in [0.717, 1.165) is 40.5 Å². The minimum absolute atomic E-state index is 0.193. The van der Waals surface area contributed by atoms with Gasteiger partial charge in [-0.25, -0.2) is 0 Å². The lowest BCUT2D eigenvalue weighted by Crippen LogP contribution is -2.18. The third kappa shape index (κ3) is 3.99. The molecular weight excluding hydrogens is 318 g/mol. The minimum Gasteiger partial charge on any atom is -0.493 e. The highest BCUT2D eigenvalue weighted by atomic mass is 16.6. The van der Waals surface area contributed by atoms with Crippen LogP contribution in [0.3, 0.4) is 0 Å². The van der Waals surface area contributed by atoms with Crippen LogP contribution < -0.4 is 24.7 Å². The van der Waals surface area contributed by atoms with Crippen molar-refractivity contribution in [2.24, 2.45) is 5.73 Å². The van der Waals surface area contributed by atoms with Gasteiger partial charge < -0.3 is 24.7 Å². The van der Waals surface area contributed by atoms with E-state index in [0.29, 0.717) is 26.4 Å². The van der Waals surface area contributed by atoms with Gasteiger partial charge in [0.15, 0.2) is 23.0 Å². The zero-order valence-corrected chi connectivity index (χ0v) is 14.8. The van der Waals surface area contributed by atoms with Crippen LogP contribution in [0.1, 0.15) is 24.0 Å². The predicted octanol–water partition coefficient (Wildman–Crippen LogP) is 3.15. The number of fused-ring (bicyclic) bond motifs is 1. The number of ether oxygens (including phenoxy) is 4. The molecule has 2 N–H and O–H groups in total. The van der Waals surface area contributed by atoms with Crippen molar-refractivity contribution in [3.8, 4) is 23.0 Å². The monoisotopic (exact) mass is 343 g/mol. The Kier molecular flexibility index (Phi) is 5.66. The van der Waals surface area contributed by atoms with E-state index in [1.54, 1.807) is 7.11 Å². The van der Waals surface area contributed by atoms with E-state index in [2.05, 4.69) is 12.1 Å². The summed E-state index contributed by atoms with van der Waals surface area (Å²) >= 11 is 0. The summed E-state index contributed by atoms with van der Waals surface area (Å²) in [6.07, 6.45) is 0.820. The number of rotatable bonds is 7. The average molecular weight is 343 g/mol. The van der Waals surface area contributed by atoms with Crippen LogP contribution in [0.25, 0.3) is 0 Å². The normalized spacial score (nSPS) is 14.0. The van der Waals surface area contributed by atoms with Crippen molar-refractivity contribution < 1.29 is 18.9 Å². The molecule has 0 spiro atoms. The van der Waals surface area contributed by atoms with Crippen LogP contribution in [0.15, 0.2) is 36.4 Å². The van der Waals surface area contributed by atoms with Crippen LogP contribution in [-0.2, 0) is 6.42 Å². The zero-order chi connectivity index (χ0) is 17.6. The lowest BCUT2D eigenvalue weighted by Gasteiger charge is -2.22. The molecule has 2 aromatic rings. The zero-order valence-electron chi connectivity index (χ0n) is 14.8. The molecule has 0 radical (unpaired) electrons. The average Bonchev–Trinajstić information content (AvgIpc) is 2.66. The summed E-state index contributed by atoms with van der Waals surface area (Å²) in [5.74, 6) is 3.30. The second-order valence-electron chi connectivity index (χ2n) is 5.96. The third-order valence-corrected chi connectivity index (χ3v) is 4.33. The number of benzene rings is 2. The molecule has 0 amide bonds. The van der Waals surface area contributed by atoms with Gasteiger partial charge in [0.25, 0.3) is 0 Å². The molecule has 5 nitrogen and oxygen atoms in total. The second-order valence-corrected chi connectivity index (χ2v) is 5.96. The van der Waals surface area contributed by atoms with Gasteiger partial charge in [-0.3, -0.25) is 0 Å². The quantitative estimate of drug-likeness (QED) is 0.837. The molecule has 1 unspecified atom stereocenters. The fraction of sp³-hybridized carbons (Fsp3) is 0.400. The molecule has 0 aliphatic carbocycles. The second kappa shape index (κ2) is 8.12. The van der Waals surface area contributed by atoms with Gasteiger partial charge in [0.05, 0.1) is 13.7 Å². The van der Waals surface area contributed by atoms with E-state index in [1.165, 1.54) is 0 Å². The highest BCUT2D eigenvalue weighted by Crippen LogP contribution is 2.35. The van der Waals surface area contributed by atoms with Crippen LogP contribution in [-0.4, -0.2) is 33.5 Å². The maximum Gasteiger partial charge on any atom is 0.161 e. The van der Waals surface area contributed by atoms with Crippen LogP contribution >= 0.6 is 0 Å². The summed E-state index contributed by atoms with van der Waals surface area (Å²) in [7, 11) is 1.65. The van der Waals surface area contributed by atoms with Gasteiger partial charge in [0.2, 0.25) is 0 Å². The van der Waals surface area contributed by atoms with E-state index < -0.39 is 0 Å². The van der Waals surface area contributed by atoms with Crippen LogP contribution in [0, 0.1) is 0 Å². The van der Waals surface area contributed by atoms with E-state index in [4.69, 9.17) is 24.7 Å². The van der Waals surface area contributed by atoms with Crippen molar-refractivity contribution in [2.45, 2.75) is 19.3 Å². The molecular formula is C20H25NO4. The first kappa shape index (κ1) is 17.4. The van der Waals surface area contributed by atoms with E-state index in [9.17, 15) is 0 Å². The van der Waals surface area contributed by atoms with E-state index in [1.807, 2.05) is 31.2 Å². The molecule has 1 atom stereocenters. The summed E-state index contributed by atoms with van der Waals surface area (Å²) < 4.78 is 22.3. The van der Waals surface area contributed by atoms with Gasteiger partial charge >= 0.3 is 0 Å². The first-order valence-electron chi connectivity index (χ1n) is 8.64. The minimum atomic E-state index is 0.193. The Morgan fingerprint density at radius 1 is 1.04 bits per heavy atom. The molecule has 5 heteroatoms. The Morgan fingerprint density at radius 2 is 1.84 bits per heavy atom. The lowest BCUT2D eigenvalue weighted by atomic mass is 9.91. The SMILES string of the molecule is CCOc1cc(CC(CN)c2ccc3c(c2)OCCO3)ccc1OC. The number of methoxy groups -OCH3 is 1. The number of hydrogen-bond donors (Lipinski definition) is 1. The molecule has 134 valence electrons. The third-order valence-electron chi connectivity index (χ3n) is 4.33. The van der Waals surface area contributed by atoms with Gasteiger partial charge in [0, 0.05) is 5.92 Å². The van der Waals surface area contributed by atoms with E-state index >= 15 is 0 Å². The molecule has 0 fully saturated rings. The van der Waals surface area contributed by atoms with Crippen molar-refractivity contribution in [1.82, 2.24) is 0 Å². The first-order chi connectivity index (χ1) is 12.2. The Bertz CT molecular complexity index is 717. The highest BCUT2D eigenvalue weighted by molar-refractivity contribution is 5.46. The standard InChI is InChI=1S/C20H25NO4/c1-3-23-19-11-14(4-6-17(19)22-2)10-16(13-21)15-5-7-18-20(12-15)25-9-8-24-18/h4-7,11-12,16H,3,8-10,13,21H2,1-2H3. The molecule has 1 aliphatic rings. The van der Waals surface area contributed by atoms with Crippen molar-refractivity contribution in [1.29, 1.82) is 0 Å². The predicted molar refractivity (Wildman–Crippen MR) is 97.1 cm³/mol. The summed E-state index contributed by atoms with van der Waals surface area (Å²) in [4.78, 5) is 0. The summed E-state index contributed by atoms with van der Waals surface area (Å²) in [6, 6.07) is 12.1. The Labute approximate surface area is 148 Å². The first-order valence-corrected chi connectivity index (χ1v) is 8.64. The number of nitrogens with two attached hydrogens (primary N) is 1. The van der Waals surface area contributed by atoms with Crippen molar-refractivity contribution >= 4 is 0 Å². The molecule has 0 saturated heterocycles. The van der Waals surface area contributed by atoms with Crippen LogP contribution in [0.2, 0.25) is 0 Å². The van der Waals surface area contributed by atoms with Gasteiger partial charge in [-0.1, -0.05) is 12.1 Å². The van der Waals surface area contributed by atoms with Gasteiger partial charge in [0.1, 0.15) is 13.2 Å². The Balaban J connectivity index is 1.81. The fourth-order valence-corrected chi connectivity index (χ4v) is 3.05. The molecule has 3 rings (SSSR count). The Morgan fingerprint density at radius 3 is 2.56 bits per heavy atom. The van der Waals surface area contributed by atoms with Crippen LogP contribution in [0.5, 0.6) is 23.0 Å². The molecule has 1 aliphatic heterocycles. The molecule has 25 heavy (non-hydrogen) atoms. The molecule has 0 aromatic heterocycles. The molecule has 0 bridgehead atoms. The highest BCUT2D eigenvalue weighted by Gasteiger charge is 2.17. The summed E-state index contributed by atoms with van der Waals surface area (Å²) in [6.45, 7) is 4.29. The molecule has 1 heterocycles. The van der Waals surface area contributed by atoms with Crippen molar-refractivity contribution in [3.05, 3.63) is 47.5 Å². The lowest BCUT2D eigenvalue weighted by molar-refractivity contribution is 0.171. The Hall–Kier alpha value is -2.40. The largest absolute Gasteiger partial charge is 0.493 e. The molecule has 0 saturated carbocycles.